The average Bonchev–Trinajstić information content (AvgIpc) is 2.78. The second-order valence-corrected chi connectivity index (χ2v) is 9.59. The van der Waals surface area contributed by atoms with E-state index in [9.17, 15) is 22.8 Å². The quantitative estimate of drug-likeness (QED) is 0.637. The van der Waals surface area contributed by atoms with Gasteiger partial charge < -0.3 is 4.74 Å². The molecule has 0 saturated carbocycles. The van der Waals surface area contributed by atoms with Crippen LogP contribution in [0.25, 0.3) is 0 Å². The number of rotatable bonds is 7. The van der Waals surface area contributed by atoms with Crippen molar-refractivity contribution >= 4 is 27.8 Å². The highest BCUT2D eigenvalue weighted by molar-refractivity contribution is 7.89. The summed E-state index contributed by atoms with van der Waals surface area (Å²) in [5, 5.41) is 2.17. The minimum absolute atomic E-state index is 0.0134. The Kier molecular flexibility index (Phi) is 7.76. The van der Waals surface area contributed by atoms with Crippen molar-refractivity contribution < 1.29 is 27.5 Å². The summed E-state index contributed by atoms with van der Waals surface area (Å²) in [5.41, 5.74) is 1.33. The third kappa shape index (κ3) is 6.02. The molecule has 0 spiro atoms. The van der Waals surface area contributed by atoms with Crippen LogP contribution >= 0.6 is 0 Å². The highest BCUT2D eigenvalue weighted by atomic mass is 32.2. The molecule has 3 rings (SSSR count). The number of nitrogens with zero attached hydrogens (tertiary/aromatic N) is 1. The van der Waals surface area contributed by atoms with Crippen LogP contribution in [-0.2, 0) is 30.8 Å². The minimum atomic E-state index is -3.71. The maximum Gasteiger partial charge on any atom is 0.338 e. The average molecular weight is 459 g/mol. The number of hydrogen-bond acceptors (Lipinski definition) is 6. The number of hydrogen-bond donors (Lipinski definition) is 1. The normalized spacial score (nSPS) is 14.5. The largest absolute Gasteiger partial charge is 0.452 e. The fourth-order valence-electron chi connectivity index (χ4n) is 3.46. The van der Waals surface area contributed by atoms with Gasteiger partial charge in [0.1, 0.15) is 0 Å². The SMILES string of the molecule is Cc1ccc(S(=O)(=O)N2CCCCC2)cc1C(=O)OCC(=O)NC(=O)Cc1ccccc1. The Morgan fingerprint density at radius 2 is 1.66 bits per heavy atom. The maximum atomic E-state index is 12.9. The van der Waals surface area contributed by atoms with Crippen LogP contribution in [0, 0.1) is 6.92 Å². The molecule has 2 aromatic carbocycles. The Balaban J connectivity index is 1.60. The number of esters is 1. The summed E-state index contributed by atoms with van der Waals surface area (Å²) in [6, 6.07) is 13.2. The Labute approximate surface area is 187 Å². The topological polar surface area (TPSA) is 110 Å². The van der Waals surface area contributed by atoms with Gasteiger partial charge in [0.15, 0.2) is 6.61 Å². The van der Waals surface area contributed by atoms with E-state index in [1.807, 2.05) is 6.07 Å². The van der Waals surface area contributed by atoms with Gasteiger partial charge in [0.05, 0.1) is 16.9 Å². The third-order valence-corrected chi connectivity index (χ3v) is 7.10. The zero-order valence-electron chi connectivity index (χ0n) is 17.9. The fourth-order valence-corrected chi connectivity index (χ4v) is 5.01. The lowest BCUT2D eigenvalue weighted by Gasteiger charge is -2.26. The minimum Gasteiger partial charge on any atom is -0.452 e. The first-order valence-electron chi connectivity index (χ1n) is 10.4. The number of carbonyl (C=O) groups excluding carboxylic acids is 3. The zero-order valence-corrected chi connectivity index (χ0v) is 18.7. The molecule has 0 bridgehead atoms. The van der Waals surface area contributed by atoms with Gasteiger partial charge in [-0.15, -0.1) is 0 Å². The molecule has 32 heavy (non-hydrogen) atoms. The molecule has 1 heterocycles. The van der Waals surface area contributed by atoms with E-state index in [4.69, 9.17) is 4.74 Å². The molecular formula is C23H26N2O6S. The van der Waals surface area contributed by atoms with E-state index in [2.05, 4.69) is 5.32 Å². The van der Waals surface area contributed by atoms with E-state index >= 15 is 0 Å². The Morgan fingerprint density at radius 3 is 2.34 bits per heavy atom. The van der Waals surface area contributed by atoms with Gasteiger partial charge in [0.25, 0.3) is 5.91 Å². The van der Waals surface area contributed by atoms with Crippen molar-refractivity contribution in [2.45, 2.75) is 37.5 Å². The summed E-state index contributed by atoms with van der Waals surface area (Å²) in [5.74, 6) is -2.10. The van der Waals surface area contributed by atoms with Gasteiger partial charge in [-0.25, -0.2) is 13.2 Å². The number of benzene rings is 2. The lowest BCUT2D eigenvalue weighted by molar-refractivity contribution is -0.132. The molecule has 0 aliphatic carbocycles. The summed E-state index contributed by atoms with van der Waals surface area (Å²) in [4.78, 5) is 36.5. The molecule has 9 heteroatoms. The van der Waals surface area contributed by atoms with Gasteiger partial charge in [-0.3, -0.25) is 14.9 Å². The van der Waals surface area contributed by atoms with Crippen molar-refractivity contribution in [2.24, 2.45) is 0 Å². The van der Waals surface area contributed by atoms with Crippen molar-refractivity contribution in [3.05, 3.63) is 65.2 Å². The maximum absolute atomic E-state index is 12.9. The molecule has 8 nitrogen and oxygen atoms in total. The van der Waals surface area contributed by atoms with Crippen LogP contribution in [0.3, 0.4) is 0 Å². The van der Waals surface area contributed by atoms with Crippen molar-refractivity contribution in [3.63, 3.8) is 0 Å². The predicted molar refractivity (Wildman–Crippen MR) is 117 cm³/mol. The van der Waals surface area contributed by atoms with Crippen LogP contribution in [0.1, 0.15) is 40.7 Å². The molecule has 170 valence electrons. The molecular weight excluding hydrogens is 432 g/mol. The van der Waals surface area contributed by atoms with Crippen LogP contribution in [0.2, 0.25) is 0 Å². The number of ether oxygens (including phenoxy) is 1. The lowest BCUT2D eigenvalue weighted by Crippen LogP contribution is -2.36. The van der Waals surface area contributed by atoms with E-state index in [0.29, 0.717) is 18.7 Å². The van der Waals surface area contributed by atoms with Gasteiger partial charge >= 0.3 is 5.97 Å². The number of imide groups is 1. The van der Waals surface area contributed by atoms with Crippen LogP contribution in [0.15, 0.2) is 53.4 Å². The van der Waals surface area contributed by atoms with E-state index in [0.717, 1.165) is 24.8 Å². The van der Waals surface area contributed by atoms with Crippen LogP contribution < -0.4 is 5.32 Å². The monoisotopic (exact) mass is 458 g/mol. The number of aryl methyl sites for hydroxylation is 1. The van der Waals surface area contributed by atoms with E-state index in [1.165, 1.54) is 22.5 Å². The molecule has 1 aliphatic heterocycles. The second kappa shape index (κ2) is 10.5. The van der Waals surface area contributed by atoms with Crippen LogP contribution in [0.4, 0.5) is 0 Å². The number of sulfonamides is 1. The molecule has 2 amide bonds. The Hall–Kier alpha value is -3.04. The molecule has 0 aromatic heterocycles. The Morgan fingerprint density at radius 1 is 0.969 bits per heavy atom. The van der Waals surface area contributed by atoms with Crippen molar-refractivity contribution in [2.75, 3.05) is 19.7 Å². The molecule has 0 radical (unpaired) electrons. The number of piperidine rings is 1. The molecule has 2 aromatic rings. The number of nitrogens with one attached hydrogen (secondary N) is 1. The smallest absolute Gasteiger partial charge is 0.338 e. The standard InChI is InChI=1S/C23H26N2O6S/c1-17-10-11-19(32(29,30)25-12-6-3-7-13-25)15-20(17)23(28)31-16-22(27)24-21(26)14-18-8-4-2-5-9-18/h2,4-5,8-11,15H,3,6-7,12-14,16H2,1H3,(H,24,26,27). The molecule has 0 atom stereocenters. The summed E-state index contributed by atoms with van der Waals surface area (Å²) in [6.07, 6.45) is 2.62. The van der Waals surface area contributed by atoms with Crippen molar-refractivity contribution in [3.8, 4) is 0 Å². The first-order chi connectivity index (χ1) is 15.3. The van der Waals surface area contributed by atoms with Crippen molar-refractivity contribution in [1.29, 1.82) is 0 Å². The summed E-state index contributed by atoms with van der Waals surface area (Å²) >= 11 is 0. The molecule has 1 fully saturated rings. The molecule has 1 saturated heterocycles. The van der Waals surface area contributed by atoms with Gasteiger partial charge in [-0.05, 0) is 43.0 Å². The Bertz CT molecular complexity index is 1090. The highest BCUT2D eigenvalue weighted by Crippen LogP contribution is 2.23. The molecule has 0 unspecified atom stereocenters. The van der Waals surface area contributed by atoms with E-state index in [1.54, 1.807) is 31.2 Å². The third-order valence-electron chi connectivity index (χ3n) is 5.20. The number of amides is 2. The van der Waals surface area contributed by atoms with Crippen LogP contribution in [-0.4, -0.2) is 50.2 Å². The summed E-state index contributed by atoms with van der Waals surface area (Å²) < 4.78 is 32.2. The lowest BCUT2D eigenvalue weighted by atomic mass is 10.1. The molecule has 1 aliphatic rings. The van der Waals surface area contributed by atoms with Gasteiger partial charge in [0.2, 0.25) is 15.9 Å². The van der Waals surface area contributed by atoms with Crippen molar-refractivity contribution in [1.82, 2.24) is 9.62 Å². The summed E-state index contributed by atoms with van der Waals surface area (Å²) in [7, 11) is -3.71. The first-order valence-corrected chi connectivity index (χ1v) is 11.9. The summed E-state index contributed by atoms with van der Waals surface area (Å²) in [6.45, 7) is 1.90. The number of carbonyl (C=O) groups is 3. The fraction of sp³-hybridized carbons (Fsp3) is 0.348. The highest BCUT2D eigenvalue weighted by Gasteiger charge is 2.27. The van der Waals surface area contributed by atoms with Crippen LogP contribution in [0.5, 0.6) is 0 Å². The molecule has 1 N–H and O–H groups in total. The second-order valence-electron chi connectivity index (χ2n) is 7.65. The zero-order chi connectivity index (χ0) is 23.1. The van der Waals surface area contributed by atoms with Gasteiger partial charge in [-0.2, -0.15) is 4.31 Å². The van der Waals surface area contributed by atoms with Gasteiger partial charge in [-0.1, -0.05) is 42.8 Å². The van der Waals surface area contributed by atoms with Gasteiger partial charge in [0, 0.05) is 13.1 Å². The first kappa shape index (κ1) is 23.6. The van der Waals surface area contributed by atoms with E-state index < -0.39 is 34.4 Å². The van der Waals surface area contributed by atoms with E-state index in [-0.39, 0.29) is 16.9 Å². The predicted octanol–water partition coefficient (Wildman–Crippen LogP) is 2.21.